The minimum absolute atomic E-state index is 0.154. The molecule has 0 radical (unpaired) electrons. The van der Waals surface area contributed by atoms with Gasteiger partial charge in [-0.15, -0.1) is 0 Å². The summed E-state index contributed by atoms with van der Waals surface area (Å²) in [5.41, 5.74) is 7.65. The molecule has 1 aromatic carbocycles. The van der Waals surface area contributed by atoms with Gasteiger partial charge in [0.1, 0.15) is 22.6 Å². The molecule has 3 heterocycles. The highest BCUT2D eigenvalue weighted by molar-refractivity contribution is 9.10. The zero-order chi connectivity index (χ0) is 18.1. The molecule has 0 aliphatic carbocycles. The number of anilines is 1. The van der Waals surface area contributed by atoms with Crippen LogP contribution in [-0.2, 0) is 11.3 Å². The van der Waals surface area contributed by atoms with Gasteiger partial charge in [0.25, 0.3) is 0 Å². The first-order chi connectivity index (χ1) is 12.6. The van der Waals surface area contributed by atoms with E-state index in [1.54, 1.807) is 11.1 Å². The monoisotopic (exact) mass is 415 g/mol. The summed E-state index contributed by atoms with van der Waals surface area (Å²) in [6, 6.07) is 9.50. The average molecular weight is 416 g/mol. The van der Waals surface area contributed by atoms with Gasteiger partial charge in [0, 0.05) is 18.9 Å². The Morgan fingerprint density at radius 1 is 1.35 bits per heavy atom. The lowest BCUT2D eigenvalue weighted by atomic mass is 10.2. The van der Waals surface area contributed by atoms with Gasteiger partial charge in [0.15, 0.2) is 5.82 Å². The van der Waals surface area contributed by atoms with Gasteiger partial charge in [-0.05, 0) is 34.3 Å². The Hall–Kier alpha value is -2.61. The topological polar surface area (TPSA) is 85.8 Å². The molecule has 8 heteroatoms. The second-order valence-electron chi connectivity index (χ2n) is 6.18. The zero-order valence-electron chi connectivity index (χ0n) is 14.0. The molecule has 1 aliphatic rings. The zero-order valence-corrected chi connectivity index (χ0v) is 15.6. The fourth-order valence-electron chi connectivity index (χ4n) is 3.33. The van der Waals surface area contributed by atoms with Crippen molar-refractivity contribution >= 4 is 33.4 Å². The Kier molecular flexibility index (Phi) is 4.50. The molecule has 134 valence electrons. The van der Waals surface area contributed by atoms with Crippen molar-refractivity contribution in [2.75, 3.05) is 12.3 Å². The number of carbonyl (C=O) groups is 1. The Morgan fingerprint density at radius 3 is 2.96 bits per heavy atom. The molecule has 0 saturated carbocycles. The third-order valence-electron chi connectivity index (χ3n) is 4.56. The van der Waals surface area contributed by atoms with Crippen LogP contribution in [0.25, 0.3) is 5.52 Å². The number of imidazole rings is 1. The molecular weight excluding hydrogens is 398 g/mol. The Bertz CT molecular complexity index is 943. The summed E-state index contributed by atoms with van der Waals surface area (Å²) in [4.78, 5) is 23.1. The van der Waals surface area contributed by atoms with Gasteiger partial charge in [-0.1, -0.05) is 30.3 Å². The van der Waals surface area contributed by atoms with Crippen molar-refractivity contribution in [3.63, 3.8) is 0 Å². The van der Waals surface area contributed by atoms with Gasteiger partial charge in [0.2, 0.25) is 0 Å². The number of rotatable bonds is 3. The van der Waals surface area contributed by atoms with Gasteiger partial charge >= 0.3 is 6.09 Å². The molecule has 0 bridgehead atoms. The van der Waals surface area contributed by atoms with E-state index >= 15 is 0 Å². The maximum Gasteiger partial charge on any atom is 0.410 e. The molecule has 1 atom stereocenters. The lowest BCUT2D eigenvalue weighted by Gasteiger charge is -2.23. The first kappa shape index (κ1) is 16.8. The molecule has 1 amide bonds. The summed E-state index contributed by atoms with van der Waals surface area (Å²) in [5.74, 6) is 1.16. The first-order valence-electron chi connectivity index (χ1n) is 8.40. The van der Waals surface area contributed by atoms with E-state index in [1.807, 2.05) is 40.9 Å². The largest absolute Gasteiger partial charge is 0.445 e. The Labute approximate surface area is 158 Å². The number of carbonyl (C=O) groups excluding carboxylic acids is 1. The molecule has 2 aromatic heterocycles. The second kappa shape index (κ2) is 6.95. The highest BCUT2D eigenvalue weighted by Crippen LogP contribution is 2.35. The predicted molar refractivity (Wildman–Crippen MR) is 100 cm³/mol. The molecule has 3 aromatic rings. The van der Waals surface area contributed by atoms with Crippen LogP contribution in [0.2, 0.25) is 0 Å². The number of likely N-dealkylation sites (tertiary alicyclic amines) is 1. The van der Waals surface area contributed by atoms with Crippen molar-refractivity contribution < 1.29 is 9.53 Å². The van der Waals surface area contributed by atoms with E-state index in [2.05, 4.69) is 25.9 Å². The number of nitrogens with two attached hydrogens (primary N) is 1. The number of benzene rings is 1. The number of aromatic nitrogens is 3. The molecular formula is C18H18BrN5O2. The van der Waals surface area contributed by atoms with Crippen LogP contribution in [-0.4, -0.2) is 31.9 Å². The normalized spacial score (nSPS) is 17.0. The summed E-state index contributed by atoms with van der Waals surface area (Å²) < 4.78 is 8.02. The fraction of sp³-hybridized carbons (Fsp3) is 0.278. The maximum absolute atomic E-state index is 12.6. The molecule has 1 saturated heterocycles. The maximum atomic E-state index is 12.6. The minimum atomic E-state index is -0.328. The lowest BCUT2D eigenvalue weighted by Crippen LogP contribution is -2.32. The number of nitrogen functional groups attached to an aromatic ring is 1. The first-order valence-corrected chi connectivity index (χ1v) is 9.19. The molecule has 1 aliphatic heterocycles. The average Bonchev–Trinajstić information content (AvgIpc) is 3.26. The summed E-state index contributed by atoms with van der Waals surface area (Å²) in [5, 5.41) is 0. The van der Waals surface area contributed by atoms with Crippen LogP contribution in [0.3, 0.4) is 0 Å². The van der Waals surface area contributed by atoms with Gasteiger partial charge in [-0.3, -0.25) is 9.30 Å². The smallest absolute Gasteiger partial charge is 0.410 e. The molecule has 0 spiro atoms. The standard InChI is InChI=1S/C18H18BrN5O2/c19-15-14-16(20)21-8-10-24(14)17(22-15)13-7-4-9-23(13)18(25)26-11-12-5-2-1-3-6-12/h1-3,5-6,8,10,13H,4,7,9,11H2,(H2,20,21). The Balaban J connectivity index is 1.57. The van der Waals surface area contributed by atoms with Crippen molar-refractivity contribution in [1.29, 1.82) is 0 Å². The molecule has 7 nitrogen and oxygen atoms in total. The van der Waals surface area contributed by atoms with E-state index in [0.29, 0.717) is 22.5 Å². The third kappa shape index (κ3) is 3.01. The van der Waals surface area contributed by atoms with E-state index < -0.39 is 0 Å². The number of halogens is 1. The van der Waals surface area contributed by atoms with Crippen molar-refractivity contribution in [1.82, 2.24) is 19.3 Å². The minimum Gasteiger partial charge on any atom is -0.445 e. The van der Waals surface area contributed by atoms with Crippen LogP contribution in [0.5, 0.6) is 0 Å². The van der Waals surface area contributed by atoms with Gasteiger partial charge < -0.3 is 10.5 Å². The lowest BCUT2D eigenvalue weighted by molar-refractivity contribution is 0.0908. The quantitative estimate of drug-likeness (QED) is 0.706. The van der Waals surface area contributed by atoms with Crippen LogP contribution in [0, 0.1) is 0 Å². The molecule has 26 heavy (non-hydrogen) atoms. The van der Waals surface area contributed by atoms with Gasteiger partial charge in [-0.25, -0.2) is 14.8 Å². The number of nitrogens with zero attached hydrogens (tertiary/aromatic N) is 4. The number of amides is 1. The van der Waals surface area contributed by atoms with E-state index in [0.717, 1.165) is 24.2 Å². The van der Waals surface area contributed by atoms with E-state index in [-0.39, 0.29) is 18.7 Å². The number of hydrogen-bond donors (Lipinski definition) is 1. The van der Waals surface area contributed by atoms with Crippen LogP contribution in [0.15, 0.2) is 47.3 Å². The molecule has 1 fully saturated rings. The molecule has 2 N–H and O–H groups in total. The van der Waals surface area contributed by atoms with Crippen molar-refractivity contribution in [3.05, 3.63) is 58.7 Å². The van der Waals surface area contributed by atoms with Crippen LogP contribution < -0.4 is 5.73 Å². The number of fused-ring (bicyclic) bond motifs is 1. The fourth-order valence-corrected chi connectivity index (χ4v) is 3.91. The van der Waals surface area contributed by atoms with Crippen molar-refractivity contribution in [2.24, 2.45) is 0 Å². The number of hydrogen-bond acceptors (Lipinski definition) is 5. The van der Waals surface area contributed by atoms with Crippen LogP contribution >= 0.6 is 15.9 Å². The summed E-state index contributed by atoms with van der Waals surface area (Å²) in [6.07, 6.45) is 4.84. The summed E-state index contributed by atoms with van der Waals surface area (Å²) in [7, 11) is 0. The van der Waals surface area contributed by atoms with Gasteiger partial charge in [-0.2, -0.15) is 0 Å². The van der Waals surface area contributed by atoms with E-state index in [1.165, 1.54) is 0 Å². The van der Waals surface area contributed by atoms with Gasteiger partial charge in [0.05, 0.1) is 6.04 Å². The predicted octanol–water partition coefficient (Wildman–Crippen LogP) is 3.55. The number of ether oxygens (including phenoxy) is 1. The Morgan fingerprint density at radius 2 is 2.15 bits per heavy atom. The summed E-state index contributed by atoms with van der Waals surface area (Å²) >= 11 is 3.45. The van der Waals surface area contributed by atoms with Crippen LogP contribution in [0.4, 0.5) is 10.6 Å². The highest BCUT2D eigenvalue weighted by atomic mass is 79.9. The molecule has 1 unspecified atom stereocenters. The second-order valence-corrected chi connectivity index (χ2v) is 6.93. The van der Waals surface area contributed by atoms with E-state index in [9.17, 15) is 4.79 Å². The third-order valence-corrected chi connectivity index (χ3v) is 5.11. The molecule has 4 rings (SSSR count). The van der Waals surface area contributed by atoms with Crippen molar-refractivity contribution in [3.8, 4) is 0 Å². The van der Waals surface area contributed by atoms with Crippen LogP contribution in [0.1, 0.15) is 30.3 Å². The van der Waals surface area contributed by atoms with Crippen molar-refractivity contribution in [2.45, 2.75) is 25.5 Å². The summed E-state index contributed by atoms with van der Waals surface area (Å²) in [6.45, 7) is 0.900. The SMILES string of the molecule is Nc1nccn2c(C3CCCN3C(=O)OCc3ccccc3)nc(Br)c12. The highest BCUT2D eigenvalue weighted by Gasteiger charge is 2.34. The van der Waals surface area contributed by atoms with E-state index in [4.69, 9.17) is 10.5 Å².